The van der Waals surface area contributed by atoms with Crippen LogP contribution in [0.15, 0.2) is 194 Å². The number of hydrogen-bond donors (Lipinski definition) is 0. The molecule has 2 aromatic heterocycles. The minimum Gasteiger partial charge on any atom is -0.135 e. The van der Waals surface area contributed by atoms with Crippen molar-refractivity contribution in [2.75, 3.05) is 0 Å². The van der Waals surface area contributed by atoms with Crippen molar-refractivity contribution in [2.24, 2.45) is 0 Å². The van der Waals surface area contributed by atoms with Crippen molar-refractivity contribution in [3.8, 4) is 33.4 Å². The van der Waals surface area contributed by atoms with Crippen molar-refractivity contribution >= 4 is 117 Å². The lowest BCUT2D eigenvalue weighted by Gasteiger charge is -2.20. The Kier molecular flexibility index (Phi) is 6.86. The third-order valence-corrected chi connectivity index (χ3v) is 14.7. The van der Waals surface area contributed by atoms with E-state index < -0.39 is 0 Å². The van der Waals surface area contributed by atoms with Crippen molar-refractivity contribution in [1.29, 1.82) is 0 Å². The molecule has 0 spiro atoms. The summed E-state index contributed by atoms with van der Waals surface area (Å²) in [7, 11) is 0. The second kappa shape index (κ2) is 12.3. The van der Waals surface area contributed by atoms with Gasteiger partial charge in [-0.2, -0.15) is 0 Å². The van der Waals surface area contributed by atoms with E-state index in [0.717, 1.165) is 0 Å². The van der Waals surface area contributed by atoms with Crippen molar-refractivity contribution in [3.63, 3.8) is 0 Å². The standard InChI is InChI=1S/C56H32S2/c1-2-16-34-33(14-1)15-13-26-40(34)54-42-22-7-9-24-44(42)55(45-25-10-8-23-43(45)54)46-29-28-38(35-17-3-4-18-36(35)46)47-31-53-56(41-21-6-5-19-37(41)47)49-30-48-39-20-11-12-27-50(39)57-51(48)32-52(49)58-53/h1-32H. The van der Waals surface area contributed by atoms with Gasteiger partial charge >= 0.3 is 0 Å². The van der Waals surface area contributed by atoms with Crippen molar-refractivity contribution in [1.82, 2.24) is 0 Å². The molecule has 0 amide bonds. The predicted octanol–water partition coefficient (Wildman–Crippen LogP) is 17.2. The van der Waals surface area contributed by atoms with Crippen LogP contribution in [0.5, 0.6) is 0 Å². The molecule has 13 rings (SSSR count). The molecule has 11 aromatic carbocycles. The molecular weight excluding hydrogens is 737 g/mol. The van der Waals surface area contributed by atoms with E-state index in [-0.39, 0.29) is 0 Å². The summed E-state index contributed by atoms with van der Waals surface area (Å²) in [5.74, 6) is 0. The molecule has 0 saturated heterocycles. The summed E-state index contributed by atoms with van der Waals surface area (Å²) >= 11 is 3.82. The lowest BCUT2D eigenvalue weighted by Crippen LogP contribution is -1.93. The van der Waals surface area contributed by atoms with Gasteiger partial charge in [0.1, 0.15) is 0 Å². The van der Waals surface area contributed by atoms with Crippen LogP contribution in [0.3, 0.4) is 0 Å². The van der Waals surface area contributed by atoms with Crippen LogP contribution in [0, 0.1) is 0 Å². The second-order valence-electron chi connectivity index (χ2n) is 15.5. The molecule has 0 aliphatic rings. The summed E-state index contributed by atoms with van der Waals surface area (Å²) in [6.45, 7) is 0. The summed E-state index contributed by atoms with van der Waals surface area (Å²) in [6, 6.07) is 72.6. The molecule has 0 bridgehead atoms. The van der Waals surface area contributed by atoms with Gasteiger partial charge in [-0.3, -0.25) is 0 Å². The molecule has 0 aliphatic heterocycles. The summed E-state index contributed by atoms with van der Waals surface area (Å²) in [5.41, 5.74) is 7.66. The molecule has 0 unspecified atom stereocenters. The zero-order valence-corrected chi connectivity index (χ0v) is 32.9. The maximum absolute atomic E-state index is 2.47. The average molecular weight is 769 g/mol. The van der Waals surface area contributed by atoms with E-state index in [2.05, 4.69) is 194 Å². The van der Waals surface area contributed by atoms with Crippen LogP contribution < -0.4 is 0 Å². The Morgan fingerprint density at radius 1 is 0.224 bits per heavy atom. The van der Waals surface area contributed by atoms with Gasteiger partial charge < -0.3 is 0 Å². The molecule has 13 aromatic rings. The summed E-state index contributed by atoms with van der Waals surface area (Å²) in [5, 5.41) is 18.2. The van der Waals surface area contributed by atoms with Gasteiger partial charge in [0.15, 0.2) is 0 Å². The SMILES string of the molecule is c1ccc2c(-c3c4ccccc4c(-c4ccc(-c5cc6sc7cc8sc9ccccc9c8cc7c6c6ccccc56)c5ccccc45)c4ccccc34)cccc2c1. The number of rotatable bonds is 3. The lowest BCUT2D eigenvalue weighted by molar-refractivity contribution is 1.68. The predicted molar refractivity (Wildman–Crippen MR) is 256 cm³/mol. The molecule has 0 nitrogen and oxygen atoms in total. The maximum Gasteiger partial charge on any atom is 0.0370 e. The van der Waals surface area contributed by atoms with Gasteiger partial charge in [-0.15, -0.1) is 22.7 Å². The number of fused-ring (bicyclic) bond motifs is 12. The van der Waals surface area contributed by atoms with E-state index in [0.29, 0.717) is 0 Å². The normalized spacial score (nSPS) is 12.1. The van der Waals surface area contributed by atoms with Gasteiger partial charge in [-0.25, -0.2) is 0 Å². The molecule has 58 heavy (non-hydrogen) atoms. The molecule has 0 radical (unpaired) electrons. The van der Waals surface area contributed by atoms with Crippen molar-refractivity contribution in [3.05, 3.63) is 194 Å². The molecule has 2 heteroatoms. The van der Waals surface area contributed by atoms with Crippen molar-refractivity contribution in [2.45, 2.75) is 0 Å². The number of benzene rings is 11. The highest BCUT2D eigenvalue weighted by atomic mass is 32.1. The average Bonchev–Trinajstić information content (AvgIpc) is 3.84. The molecule has 0 aliphatic carbocycles. The quantitative estimate of drug-likeness (QED) is 0.157. The van der Waals surface area contributed by atoms with Gasteiger partial charge in [0, 0.05) is 40.3 Å². The maximum atomic E-state index is 2.47. The van der Waals surface area contributed by atoms with Gasteiger partial charge in [0.05, 0.1) is 0 Å². The van der Waals surface area contributed by atoms with E-state index in [9.17, 15) is 0 Å². The van der Waals surface area contributed by atoms with E-state index in [1.165, 1.54) is 128 Å². The van der Waals surface area contributed by atoms with Gasteiger partial charge in [-0.1, -0.05) is 170 Å². The molecule has 268 valence electrons. The molecule has 0 N–H and O–H groups in total. The zero-order chi connectivity index (χ0) is 37.9. The van der Waals surface area contributed by atoms with Crippen LogP contribution in [0.1, 0.15) is 0 Å². The van der Waals surface area contributed by atoms with E-state index in [4.69, 9.17) is 0 Å². The summed E-state index contributed by atoms with van der Waals surface area (Å²) < 4.78 is 5.39. The zero-order valence-electron chi connectivity index (χ0n) is 31.3. The highest BCUT2D eigenvalue weighted by Gasteiger charge is 2.21. The van der Waals surface area contributed by atoms with E-state index >= 15 is 0 Å². The third kappa shape index (κ3) is 4.56. The van der Waals surface area contributed by atoms with Gasteiger partial charge in [0.2, 0.25) is 0 Å². The first-order valence-corrected chi connectivity index (χ1v) is 21.6. The van der Waals surface area contributed by atoms with Crippen LogP contribution >= 0.6 is 22.7 Å². The molecule has 0 atom stereocenters. The summed E-state index contributed by atoms with van der Waals surface area (Å²) in [4.78, 5) is 0. The Bertz CT molecular complexity index is 3800. The first-order chi connectivity index (χ1) is 28.8. The van der Waals surface area contributed by atoms with E-state index in [1.54, 1.807) is 0 Å². The third-order valence-electron chi connectivity index (χ3n) is 12.5. The van der Waals surface area contributed by atoms with Crippen LogP contribution in [-0.2, 0) is 0 Å². The Labute approximate surface area is 342 Å². The summed E-state index contributed by atoms with van der Waals surface area (Å²) in [6.07, 6.45) is 0. The van der Waals surface area contributed by atoms with Gasteiger partial charge in [-0.05, 0) is 112 Å². The first-order valence-electron chi connectivity index (χ1n) is 19.9. The van der Waals surface area contributed by atoms with Crippen LogP contribution in [0.25, 0.3) is 128 Å². The highest BCUT2D eigenvalue weighted by molar-refractivity contribution is 7.28. The highest BCUT2D eigenvalue weighted by Crippen LogP contribution is 2.50. The van der Waals surface area contributed by atoms with E-state index in [1.807, 2.05) is 22.7 Å². The van der Waals surface area contributed by atoms with Crippen LogP contribution in [0.2, 0.25) is 0 Å². The smallest absolute Gasteiger partial charge is 0.0370 e. The van der Waals surface area contributed by atoms with Crippen LogP contribution in [-0.4, -0.2) is 0 Å². The molecule has 0 fully saturated rings. The Balaban J connectivity index is 1.08. The number of hydrogen-bond acceptors (Lipinski definition) is 2. The minimum absolute atomic E-state index is 1.26. The second-order valence-corrected chi connectivity index (χ2v) is 17.6. The fourth-order valence-corrected chi connectivity index (χ4v) is 12.4. The Hall–Kier alpha value is -6.84. The van der Waals surface area contributed by atoms with Gasteiger partial charge in [0.25, 0.3) is 0 Å². The number of thiophene rings is 2. The monoisotopic (exact) mass is 768 g/mol. The molecule has 2 heterocycles. The molecule has 0 saturated carbocycles. The lowest BCUT2D eigenvalue weighted by atomic mass is 9.82. The fourth-order valence-electron chi connectivity index (χ4n) is 9.99. The Morgan fingerprint density at radius 2 is 0.690 bits per heavy atom. The minimum atomic E-state index is 1.26. The Morgan fingerprint density at radius 3 is 1.38 bits per heavy atom. The first kappa shape index (κ1) is 32.3. The van der Waals surface area contributed by atoms with Crippen LogP contribution in [0.4, 0.5) is 0 Å². The topological polar surface area (TPSA) is 0 Å². The van der Waals surface area contributed by atoms with Crippen molar-refractivity contribution < 1.29 is 0 Å². The molecular formula is C56H32S2. The largest absolute Gasteiger partial charge is 0.135 e. The fraction of sp³-hybridized carbons (Fsp3) is 0.